The number of alkyl halides is 1. The quantitative estimate of drug-likeness (QED) is 0.702. The van der Waals surface area contributed by atoms with E-state index >= 15 is 0 Å². The topological polar surface area (TPSA) is 16.1 Å². The van der Waals surface area contributed by atoms with E-state index in [9.17, 15) is 0 Å². The molecule has 3 heteroatoms. The zero-order valence-electron chi connectivity index (χ0n) is 13.0. The van der Waals surface area contributed by atoms with E-state index in [1.54, 1.807) is 0 Å². The number of nitrogens with zero attached hydrogens (tertiary/aromatic N) is 2. The normalized spacial score (nSPS) is 19.6. The van der Waals surface area contributed by atoms with Crippen molar-refractivity contribution in [2.75, 3.05) is 11.4 Å². The van der Waals surface area contributed by atoms with E-state index in [0.717, 1.165) is 12.4 Å². The summed E-state index contributed by atoms with van der Waals surface area (Å²) < 4.78 is 0. The second kappa shape index (κ2) is 7.31. The van der Waals surface area contributed by atoms with Crippen molar-refractivity contribution < 1.29 is 0 Å². The van der Waals surface area contributed by atoms with E-state index in [1.165, 1.54) is 43.4 Å². The molecule has 0 saturated carbocycles. The maximum Gasteiger partial charge on any atom is 0.129 e. The minimum Gasteiger partial charge on any atom is -0.354 e. The first-order chi connectivity index (χ1) is 9.65. The highest BCUT2D eigenvalue weighted by molar-refractivity contribution is 6.17. The van der Waals surface area contributed by atoms with Gasteiger partial charge in [0.25, 0.3) is 0 Å². The average Bonchev–Trinajstić information content (AvgIpc) is 2.47. The summed E-state index contributed by atoms with van der Waals surface area (Å²) in [5.74, 6) is 2.16. The molecule has 1 aliphatic rings. The maximum absolute atomic E-state index is 6.07. The molecular weight excluding hydrogens is 268 g/mol. The van der Waals surface area contributed by atoms with Crippen LogP contribution in [0.15, 0.2) is 12.1 Å². The summed E-state index contributed by atoms with van der Waals surface area (Å²) in [5, 5.41) is 0. The standard InChI is InChI=1S/C17H27ClN2/c1-4-7-15-8-5-6-9-20(15)17-11-14(12-18)10-16(19-17)13(2)3/h10-11,13,15H,4-9,12H2,1-3H3. The van der Waals surface area contributed by atoms with Crippen LogP contribution >= 0.6 is 11.6 Å². The number of piperidine rings is 1. The molecule has 0 bridgehead atoms. The van der Waals surface area contributed by atoms with Crippen LogP contribution in [0.1, 0.15) is 70.1 Å². The van der Waals surface area contributed by atoms with Gasteiger partial charge in [-0.25, -0.2) is 4.98 Å². The molecule has 1 aliphatic heterocycles. The van der Waals surface area contributed by atoms with Crippen LogP contribution in [-0.4, -0.2) is 17.6 Å². The van der Waals surface area contributed by atoms with Crippen molar-refractivity contribution in [1.29, 1.82) is 0 Å². The molecule has 0 aromatic carbocycles. The molecule has 1 aromatic heterocycles. The summed E-state index contributed by atoms with van der Waals surface area (Å²) in [6, 6.07) is 5.00. The Morgan fingerprint density at radius 2 is 2.15 bits per heavy atom. The SMILES string of the molecule is CCCC1CCCCN1c1cc(CCl)cc(C(C)C)n1. The summed E-state index contributed by atoms with van der Waals surface area (Å²) >= 11 is 6.07. The molecule has 2 nitrogen and oxygen atoms in total. The molecule has 1 aromatic rings. The van der Waals surface area contributed by atoms with E-state index in [2.05, 4.69) is 37.8 Å². The molecule has 1 fully saturated rings. The van der Waals surface area contributed by atoms with E-state index < -0.39 is 0 Å². The Labute approximate surface area is 128 Å². The first-order valence-corrected chi connectivity index (χ1v) is 8.52. The predicted octanol–water partition coefficient (Wildman–Crippen LogP) is 5.10. The second-order valence-corrected chi connectivity index (χ2v) is 6.45. The Bertz CT molecular complexity index is 429. The third kappa shape index (κ3) is 3.66. The number of pyridine rings is 1. The van der Waals surface area contributed by atoms with Gasteiger partial charge in [0, 0.05) is 24.2 Å². The highest BCUT2D eigenvalue weighted by atomic mass is 35.5. The lowest BCUT2D eigenvalue weighted by molar-refractivity contribution is 0.431. The number of anilines is 1. The number of rotatable bonds is 5. The Morgan fingerprint density at radius 3 is 2.80 bits per heavy atom. The van der Waals surface area contributed by atoms with E-state index in [0.29, 0.717) is 17.8 Å². The highest BCUT2D eigenvalue weighted by Crippen LogP contribution is 2.28. The molecule has 20 heavy (non-hydrogen) atoms. The second-order valence-electron chi connectivity index (χ2n) is 6.18. The fraction of sp³-hybridized carbons (Fsp3) is 0.706. The van der Waals surface area contributed by atoms with Gasteiger partial charge in [-0.3, -0.25) is 0 Å². The van der Waals surface area contributed by atoms with Gasteiger partial charge < -0.3 is 4.90 Å². The molecule has 1 unspecified atom stereocenters. The molecule has 2 heterocycles. The van der Waals surface area contributed by atoms with Crippen LogP contribution in [0.25, 0.3) is 0 Å². The van der Waals surface area contributed by atoms with Crippen molar-refractivity contribution in [2.24, 2.45) is 0 Å². The third-order valence-electron chi connectivity index (χ3n) is 4.18. The number of halogens is 1. The largest absolute Gasteiger partial charge is 0.354 e. The molecule has 0 aliphatic carbocycles. The van der Waals surface area contributed by atoms with Gasteiger partial charge in [0.1, 0.15) is 5.82 Å². The van der Waals surface area contributed by atoms with Gasteiger partial charge in [0.05, 0.1) is 0 Å². The van der Waals surface area contributed by atoms with Crippen LogP contribution in [0.2, 0.25) is 0 Å². The van der Waals surface area contributed by atoms with E-state index in [1.807, 2.05) is 0 Å². The Balaban J connectivity index is 2.31. The zero-order valence-corrected chi connectivity index (χ0v) is 13.8. The Morgan fingerprint density at radius 1 is 1.35 bits per heavy atom. The zero-order chi connectivity index (χ0) is 14.5. The summed E-state index contributed by atoms with van der Waals surface area (Å²) in [5.41, 5.74) is 2.36. The summed E-state index contributed by atoms with van der Waals surface area (Å²) in [6.45, 7) is 7.81. The maximum atomic E-state index is 6.07. The van der Waals surface area contributed by atoms with Gasteiger partial charge in [-0.05, 0) is 49.3 Å². The number of aromatic nitrogens is 1. The minimum absolute atomic E-state index is 0.450. The van der Waals surface area contributed by atoms with Gasteiger partial charge in [0.15, 0.2) is 0 Å². The summed E-state index contributed by atoms with van der Waals surface area (Å²) in [6.07, 6.45) is 6.45. The minimum atomic E-state index is 0.450. The fourth-order valence-corrected chi connectivity index (χ4v) is 3.20. The molecular formula is C17H27ClN2. The molecule has 0 amide bonds. The fourth-order valence-electron chi connectivity index (χ4n) is 3.05. The van der Waals surface area contributed by atoms with Crippen molar-refractivity contribution in [2.45, 2.75) is 70.7 Å². The van der Waals surface area contributed by atoms with Crippen molar-refractivity contribution in [3.8, 4) is 0 Å². The molecule has 0 N–H and O–H groups in total. The molecule has 0 spiro atoms. The first-order valence-electron chi connectivity index (χ1n) is 7.99. The van der Waals surface area contributed by atoms with Crippen molar-refractivity contribution in [1.82, 2.24) is 4.98 Å². The molecule has 1 atom stereocenters. The van der Waals surface area contributed by atoms with Crippen LogP contribution < -0.4 is 4.90 Å². The van der Waals surface area contributed by atoms with Crippen molar-refractivity contribution in [3.63, 3.8) is 0 Å². The van der Waals surface area contributed by atoms with E-state index in [-0.39, 0.29) is 0 Å². The van der Waals surface area contributed by atoms with Gasteiger partial charge in [0.2, 0.25) is 0 Å². The molecule has 1 saturated heterocycles. The molecule has 0 radical (unpaired) electrons. The number of hydrogen-bond donors (Lipinski definition) is 0. The molecule has 2 rings (SSSR count). The van der Waals surface area contributed by atoms with Gasteiger partial charge in [-0.2, -0.15) is 0 Å². The van der Waals surface area contributed by atoms with Crippen LogP contribution in [0.5, 0.6) is 0 Å². The van der Waals surface area contributed by atoms with Crippen LogP contribution in [-0.2, 0) is 5.88 Å². The van der Waals surface area contributed by atoms with E-state index in [4.69, 9.17) is 16.6 Å². The predicted molar refractivity (Wildman–Crippen MR) is 87.8 cm³/mol. The van der Waals surface area contributed by atoms with Crippen LogP contribution in [0.3, 0.4) is 0 Å². The summed E-state index contributed by atoms with van der Waals surface area (Å²) in [7, 11) is 0. The van der Waals surface area contributed by atoms with Crippen molar-refractivity contribution in [3.05, 3.63) is 23.4 Å². The lowest BCUT2D eigenvalue weighted by Crippen LogP contribution is -2.40. The first kappa shape index (κ1) is 15.6. The van der Waals surface area contributed by atoms with Crippen LogP contribution in [0.4, 0.5) is 5.82 Å². The number of hydrogen-bond acceptors (Lipinski definition) is 2. The lowest BCUT2D eigenvalue weighted by atomic mass is 9.98. The third-order valence-corrected chi connectivity index (χ3v) is 4.49. The summed E-state index contributed by atoms with van der Waals surface area (Å²) in [4.78, 5) is 7.43. The Kier molecular flexibility index (Phi) is 5.71. The van der Waals surface area contributed by atoms with Gasteiger partial charge in [-0.15, -0.1) is 11.6 Å². The smallest absolute Gasteiger partial charge is 0.129 e. The monoisotopic (exact) mass is 294 g/mol. The Hall–Kier alpha value is -0.760. The van der Waals surface area contributed by atoms with Gasteiger partial charge >= 0.3 is 0 Å². The van der Waals surface area contributed by atoms with Crippen LogP contribution in [0, 0.1) is 0 Å². The van der Waals surface area contributed by atoms with Crippen molar-refractivity contribution >= 4 is 17.4 Å². The van der Waals surface area contributed by atoms with Gasteiger partial charge in [-0.1, -0.05) is 27.2 Å². The lowest BCUT2D eigenvalue weighted by Gasteiger charge is -2.37. The highest BCUT2D eigenvalue weighted by Gasteiger charge is 2.23. The molecule has 112 valence electrons. The average molecular weight is 295 g/mol.